The number of ether oxygens (including phenoxy) is 2. The van der Waals surface area contributed by atoms with Crippen molar-refractivity contribution in [3.63, 3.8) is 0 Å². The Morgan fingerprint density at radius 3 is 2.22 bits per heavy atom. The van der Waals surface area contributed by atoms with Gasteiger partial charge in [0.25, 0.3) is 5.90 Å². The molecule has 0 radical (unpaired) electrons. The molecule has 0 atom stereocenters. The molecule has 162 valence electrons. The Balaban J connectivity index is 0.000000314. The summed E-state index contributed by atoms with van der Waals surface area (Å²) in [6.45, 7) is 4.52. The van der Waals surface area contributed by atoms with E-state index in [2.05, 4.69) is 35.9 Å². The second-order valence-electron chi connectivity index (χ2n) is 7.38. The third-order valence-electron chi connectivity index (χ3n) is 5.30. The van der Waals surface area contributed by atoms with Crippen molar-refractivity contribution in [3.05, 3.63) is 73.1 Å². The van der Waals surface area contributed by atoms with Gasteiger partial charge in [-0.25, -0.2) is 19.9 Å². The molecular formula is C24H24N6O2. The molecule has 1 aromatic carbocycles. The summed E-state index contributed by atoms with van der Waals surface area (Å²) in [6, 6.07) is 14.2. The lowest BCUT2D eigenvalue weighted by Gasteiger charge is -2.28. The van der Waals surface area contributed by atoms with Crippen molar-refractivity contribution >= 4 is 22.6 Å². The van der Waals surface area contributed by atoms with Crippen LogP contribution in [-0.4, -0.2) is 65.3 Å². The summed E-state index contributed by atoms with van der Waals surface area (Å²) in [7, 11) is 0. The number of anilines is 1. The van der Waals surface area contributed by atoms with E-state index in [0.29, 0.717) is 24.9 Å². The molecule has 0 amide bonds. The lowest BCUT2D eigenvalue weighted by atomic mass is 10.1. The SMILES string of the molecule is c1ccccc1.c1nc(C2=NCCO2)ncc1-c1c[nH]c2ncc(N3CCOCC3)cc12. The van der Waals surface area contributed by atoms with Gasteiger partial charge < -0.3 is 19.4 Å². The molecule has 1 N–H and O–H groups in total. The minimum Gasteiger partial charge on any atom is -0.473 e. The van der Waals surface area contributed by atoms with Gasteiger partial charge in [-0.1, -0.05) is 36.4 Å². The van der Waals surface area contributed by atoms with Gasteiger partial charge in [-0.15, -0.1) is 0 Å². The molecule has 1 fully saturated rings. The normalized spacial score (nSPS) is 15.6. The Kier molecular flexibility index (Phi) is 6.02. The Morgan fingerprint density at radius 2 is 1.56 bits per heavy atom. The summed E-state index contributed by atoms with van der Waals surface area (Å²) in [5.41, 5.74) is 3.92. The fourth-order valence-electron chi connectivity index (χ4n) is 3.66. The van der Waals surface area contributed by atoms with E-state index in [1.165, 1.54) is 0 Å². The largest absolute Gasteiger partial charge is 0.473 e. The van der Waals surface area contributed by atoms with Crippen molar-refractivity contribution in [2.45, 2.75) is 0 Å². The number of benzene rings is 1. The van der Waals surface area contributed by atoms with Crippen LogP contribution in [-0.2, 0) is 9.47 Å². The number of H-pyrrole nitrogens is 1. The van der Waals surface area contributed by atoms with E-state index in [-0.39, 0.29) is 0 Å². The number of aliphatic imine (C=N–C) groups is 1. The van der Waals surface area contributed by atoms with Gasteiger partial charge in [0.2, 0.25) is 5.82 Å². The molecule has 1 saturated heterocycles. The third kappa shape index (κ3) is 4.45. The van der Waals surface area contributed by atoms with Gasteiger partial charge in [0.1, 0.15) is 12.3 Å². The van der Waals surface area contributed by atoms with Crippen LogP contribution in [0.15, 0.2) is 72.2 Å². The predicted octanol–water partition coefficient (Wildman–Crippen LogP) is 3.32. The van der Waals surface area contributed by atoms with Crippen molar-refractivity contribution in [3.8, 4) is 11.1 Å². The average molecular weight is 428 g/mol. The number of pyridine rings is 1. The highest BCUT2D eigenvalue weighted by molar-refractivity contribution is 5.95. The van der Waals surface area contributed by atoms with Crippen LogP contribution >= 0.6 is 0 Å². The van der Waals surface area contributed by atoms with Gasteiger partial charge in [-0.05, 0) is 6.07 Å². The van der Waals surface area contributed by atoms with Gasteiger partial charge >= 0.3 is 0 Å². The first-order chi connectivity index (χ1) is 15.9. The minimum atomic E-state index is 0.520. The molecule has 0 bridgehead atoms. The van der Waals surface area contributed by atoms with E-state index in [9.17, 15) is 0 Å². The third-order valence-corrected chi connectivity index (χ3v) is 5.30. The maximum Gasteiger partial charge on any atom is 0.255 e. The molecule has 4 aromatic rings. The molecule has 0 spiro atoms. The fourth-order valence-corrected chi connectivity index (χ4v) is 3.66. The van der Waals surface area contributed by atoms with E-state index in [0.717, 1.165) is 54.2 Å². The van der Waals surface area contributed by atoms with Crippen molar-refractivity contribution in [2.75, 3.05) is 44.4 Å². The van der Waals surface area contributed by atoms with Gasteiger partial charge in [0.15, 0.2) is 0 Å². The monoisotopic (exact) mass is 428 g/mol. The summed E-state index contributed by atoms with van der Waals surface area (Å²) in [6.07, 6.45) is 7.46. The molecule has 0 saturated carbocycles. The number of hydrogen-bond donors (Lipinski definition) is 1. The summed E-state index contributed by atoms with van der Waals surface area (Å²) < 4.78 is 10.9. The first kappa shape index (κ1) is 20.1. The first-order valence-corrected chi connectivity index (χ1v) is 10.7. The quantitative estimate of drug-likeness (QED) is 0.539. The van der Waals surface area contributed by atoms with Gasteiger partial charge in [-0.3, -0.25) is 0 Å². The molecule has 3 aromatic heterocycles. The highest BCUT2D eigenvalue weighted by Gasteiger charge is 2.16. The van der Waals surface area contributed by atoms with Crippen molar-refractivity contribution in [1.29, 1.82) is 0 Å². The minimum absolute atomic E-state index is 0.520. The van der Waals surface area contributed by atoms with Crippen LogP contribution in [0.2, 0.25) is 0 Å². The highest BCUT2D eigenvalue weighted by Crippen LogP contribution is 2.30. The van der Waals surface area contributed by atoms with Gasteiger partial charge in [0, 0.05) is 48.2 Å². The standard InChI is InChI=1S/C18H18N6O2.C6H6/c1-4-26-18(19-1)17-20-8-12(9-21-17)15-11-23-16-14(15)7-13(10-22-16)24-2-5-25-6-3-24;1-2-4-6-5-3-1/h7-11H,1-6H2,(H,22,23);1-6H. The van der Waals surface area contributed by atoms with Crippen LogP contribution in [0.1, 0.15) is 5.82 Å². The molecule has 5 heterocycles. The topological polar surface area (TPSA) is 88.5 Å². The van der Waals surface area contributed by atoms with Crippen molar-refractivity contribution in [1.82, 2.24) is 19.9 Å². The Bertz CT molecular complexity index is 1160. The number of morpholine rings is 1. The number of hydrogen-bond acceptors (Lipinski definition) is 7. The summed E-state index contributed by atoms with van der Waals surface area (Å²) in [5, 5.41) is 1.06. The number of rotatable bonds is 3. The van der Waals surface area contributed by atoms with Crippen LogP contribution in [0, 0.1) is 0 Å². The number of nitrogens with zero attached hydrogens (tertiary/aromatic N) is 5. The van der Waals surface area contributed by atoms with Crippen LogP contribution in [0.4, 0.5) is 5.69 Å². The molecule has 32 heavy (non-hydrogen) atoms. The molecule has 8 nitrogen and oxygen atoms in total. The maximum absolute atomic E-state index is 5.44. The van der Waals surface area contributed by atoms with Crippen LogP contribution in [0.25, 0.3) is 22.2 Å². The number of aromatic amines is 1. The van der Waals surface area contributed by atoms with Crippen LogP contribution in [0.5, 0.6) is 0 Å². The number of aromatic nitrogens is 4. The van der Waals surface area contributed by atoms with E-state index in [1.807, 2.05) is 48.8 Å². The molecule has 2 aliphatic rings. The van der Waals surface area contributed by atoms with Crippen molar-refractivity contribution < 1.29 is 9.47 Å². The Labute approximate surface area is 186 Å². The number of fused-ring (bicyclic) bond motifs is 1. The van der Waals surface area contributed by atoms with E-state index < -0.39 is 0 Å². The van der Waals surface area contributed by atoms with Crippen molar-refractivity contribution in [2.24, 2.45) is 4.99 Å². The van der Waals surface area contributed by atoms with E-state index in [1.54, 1.807) is 12.4 Å². The highest BCUT2D eigenvalue weighted by atomic mass is 16.5. The first-order valence-electron chi connectivity index (χ1n) is 10.7. The predicted molar refractivity (Wildman–Crippen MR) is 124 cm³/mol. The molecular weight excluding hydrogens is 404 g/mol. The van der Waals surface area contributed by atoms with E-state index in [4.69, 9.17) is 9.47 Å². The van der Waals surface area contributed by atoms with Crippen LogP contribution in [0.3, 0.4) is 0 Å². The van der Waals surface area contributed by atoms with E-state index >= 15 is 0 Å². The zero-order chi connectivity index (χ0) is 21.6. The van der Waals surface area contributed by atoms with Crippen LogP contribution < -0.4 is 4.90 Å². The maximum atomic E-state index is 5.44. The fraction of sp³-hybridized carbons (Fsp3) is 0.250. The smallest absolute Gasteiger partial charge is 0.255 e. The molecule has 6 rings (SSSR count). The Hall–Kier alpha value is -3.78. The summed E-state index contributed by atoms with van der Waals surface area (Å²) in [4.78, 5) is 23.2. The molecule has 0 aliphatic carbocycles. The zero-order valence-corrected chi connectivity index (χ0v) is 17.6. The summed E-state index contributed by atoms with van der Waals surface area (Å²) in [5.74, 6) is 1.05. The lowest BCUT2D eigenvalue weighted by molar-refractivity contribution is 0.122. The molecule has 8 heteroatoms. The second kappa shape index (κ2) is 9.57. The lowest BCUT2D eigenvalue weighted by Crippen LogP contribution is -2.36. The van der Waals surface area contributed by atoms with Gasteiger partial charge in [0.05, 0.1) is 31.6 Å². The average Bonchev–Trinajstić information content (AvgIpc) is 3.56. The molecule has 0 unspecified atom stereocenters. The zero-order valence-electron chi connectivity index (χ0n) is 17.6. The number of nitrogens with one attached hydrogen (secondary N) is 1. The van der Waals surface area contributed by atoms with Gasteiger partial charge in [-0.2, -0.15) is 0 Å². The summed E-state index contributed by atoms with van der Waals surface area (Å²) >= 11 is 0. The second-order valence-corrected chi connectivity index (χ2v) is 7.38. The Morgan fingerprint density at radius 1 is 0.844 bits per heavy atom. The molecule has 2 aliphatic heterocycles.